The van der Waals surface area contributed by atoms with Gasteiger partial charge in [0.15, 0.2) is 0 Å². The van der Waals surface area contributed by atoms with Crippen molar-refractivity contribution < 1.29 is 32.6 Å². The molecule has 1 aliphatic rings. The minimum atomic E-state index is -5.08. The van der Waals surface area contributed by atoms with E-state index in [0.29, 0.717) is 18.0 Å². The van der Waals surface area contributed by atoms with Crippen LogP contribution in [-0.4, -0.2) is 72.0 Å². The fourth-order valence-electron chi connectivity index (χ4n) is 3.61. The molecule has 2 heterocycles. The summed E-state index contributed by atoms with van der Waals surface area (Å²) in [5.74, 6) is -2.20. The number of carbonyl (C=O) groups is 2. The summed E-state index contributed by atoms with van der Waals surface area (Å²) in [6.45, 7) is 2.08. The second-order valence-corrected chi connectivity index (χ2v) is 8.48. The number of carboxylic acid groups (broad SMARTS) is 1. The molecule has 198 valence electrons. The van der Waals surface area contributed by atoms with Gasteiger partial charge in [0.2, 0.25) is 5.91 Å². The van der Waals surface area contributed by atoms with Crippen LogP contribution in [-0.2, 0) is 16.0 Å². The summed E-state index contributed by atoms with van der Waals surface area (Å²) in [7, 11) is 4.00. The van der Waals surface area contributed by atoms with Crippen molar-refractivity contribution in [2.45, 2.75) is 18.6 Å². The van der Waals surface area contributed by atoms with E-state index in [0.717, 1.165) is 36.2 Å². The van der Waals surface area contributed by atoms with E-state index in [4.69, 9.17) is 14.6 Å². The summed E-state index contributed by atoms with van der Waals surface area (Å²) in [6.07, 6.45) is -0.557. The van der Waals surface area contributed by atoms with E-state index < -0.39 is 12.1 Å². The van der Waals surface area contributed by atoms with Gasteiger partial charge in [0, 0.05) is 24.8 Å². The molecular formula is C25H28F3N5O4. The highest BCUT2D eigenvalue weighted by Gasteiger charge is 2.38. The monoisotopic (exact) mass is 519 g/mol. The number of likely N-dealkylation sites (N-methyl/N-ethyl adjacent to an activating group) is 1. The normalized spacial score (nSPS) is 14.8. The molecule has 0 saturated heterocycles. The molecule has 0 saturated carbocycles. The number of benzene rings is 2. The number of aromatic amines is 1. The zero-order valence-electron chi connectivity index (χ0n) is 20.3. The van der Waals surface area contributed by atoms with Gasteiger partial charge in [-0.2, -0.15) is 18.3 Å². The fraction of sp³-hybridized carbons (Fsp3) is 0.320. The van der Waals surface area contributed by atoms with E-state index in [9.17, 15) is 18.0 Å². The Hall–Kier alpha value is -3.90. The lowest BCUT2D eigenvalue weighted by atomic mass is 9.94. The molecule has 4 N–H and O–H groups in total. The van der Waals surface area contributed by atoms with Gasteiger partial charge in [0.05, 0.1) is 11.9 Å². The van der Waals surface area contributed by atoms with Crippen molar-refractivity contribution in [2.75, 3.05) is 39.1 Å². The van der Waals surface area contributed by atoms with Crippen molar-refractivity contribution in [1.29, 1.82) is 0 Å². The number of amides is 1. The number of aromatic nitrogens is 2. The highest BCUT2D eigenvalue weighted by molar-refractivity contribution is 5.97. The van der Waals surface area contributed by atoms with E-state index in [1.807, 2.05) is 56.7 Å². The molecule has 1 amide bonds. The zero-order chi connectivity index (χ0) is 27.0. The minimum Gasteiger partial charge on any atom is -0.490 e. The Balaban J connectivity index is 0.000000479. The number of rotatable bonds is 7. The van der Waals surface area contributed by atoms with Gasteiger partial charge >= 0.3 is 12.1 Å². The van der Waals surface area contributed by atoms with Crippen molar-refractivity contribution in [2.24, 2.45) is 0 Å². The van der Waals surface area contributed by atoms with Crippen LogP contribution in [0.3, 0.4) is 0 Å². The first-order chi connectivity index (χ1) is 17.6. The van der Waals surface area contributed by atoms with Gasteiger partial charge in [-0.1, -0.05) is 30.3 Å². The van der Waals surface area contributed by atoms with Gasteiger partial charge in [-0.3, -0.25) is 9.89 Å². The van der Waals surface area contributed by atoms with Crippen LogP contribution < -0.4 is 15.4 Å². The molecule has 1 atom stereocenters. The predicted octanol–water partition coefficient (Wildman–Crippen LogP) is 3.48. The number of aliphatic carboxylic acids is 1. The summed E-state index contributed by atoms with van der Waals surface area (Å²) < 4.78 is 37.8. The molecule has 0 aliphatic carbocycles. The van der Waals surface area contributed by atoms with Crippen LogP contribution in [0.15, 0.2) is 54.9 Å². The maximum absolute atomic E-state index is 13.1. The highest BCUT2D eigenvalue weighted by atomic mass is 19.4. The molecule has 4 rings (SSSR count). The number of alkyl halides is 3. The fourth-order valence-corrected chi connectivity index (χ4v) is 3.61. The Labute approximate surface area is 211 Å². The Kier molecular flexibility index (Phi) is 9.25. The van der Waals surface area contributed by atoms with E-state index in [2.05, 4.69) is 31.8 Å². The SMILES string of the molecule is CN(C)CCOc1cc(-c2cn[nH]c2)ccc1NC(=O)C1NCCc2ccccc21.O=C(O)C(F)(F)F. The van der Waals surface area contributed by atoms with Crippen molar-refractivity contribution >= 4 is 17.6 Å². The van der Waals surface area contributed by atoms with Crippen molar-refractivity contribution in [3.8, 4) is 16.9 Å². The molecule has 37 heavy (non-hydrogen) atoms. The lowest BCUT2D eigenvalue weighted by molar-refractivity contribution is -0.192. The lowest BCUT2D eigenvalue weighted by Crippen LogP contribution is -2.38. The van der Waals surface area contributed by atoms with Crippen LogP contribution in [0.2, 0.25) is 0 Å². The third-order valence-electron chi connectivity index (χ3n) is 5.48. The molecule has 0 spiro atoms. The van der Waals surface area contributed by atoms with Crippen LogP contribution in [0.25, 0.3) is 11.1 Å². The van der Waals surface area contributed by atoms with Crippen molar-refractivity contribution in [1.82, 2.24) is 20.4 Å². The Morgan fingerprint density at radius 1 is 1.19 bits per heavy atom. The van der Waals surface area contributed by atoms with Crippen molar-refractivity contribution in [3.63, 3.8) is 0 Å². The summed E-state index contributed by atoms with van der Waals surface area (Å²) in [5.41, 5.74) is 4.85. The molecule has 0 fully saturated rings. The number of ether oxygens (including phenoxy) is 1. The first kappa shape index (κ1) is 27.7. The minimum absolute atomic E-state index is 0.0873. The van der Waals surface area contributed by atoms with E-state index in [-0.39, 0.29) is 11.9 Å². The largest absolute Gasteiger partial charge is 0.490 e. The standard InChI is InChI=1S/C23H27N5O2.C2HF3O2/c1-28(2)11-12-30-21-13-17(18-14-25-26-15-18)7-8-20(21)27-23(29)22-19-6-4-3-5-16(19)9-10-24-22;3-2(4,5)1(6)7/h3-8,13-15,22,24H,9-12H2,1-2H3,(H,25,26)(H,27,29);(H,6,7). The van der Waals surface area contributed by atoms with E-state index >= 15 is 0 Å². The molecule has 0 radical (unpaired) electrons. The molecule has 0 bridgehead atoms. The summed E-state index contributed by atoms with van der Waals surface area (Å²) in [5, 5.41) is 20.4. The average Bonchev–Trinajstić information content (AvgIpc) is 3.39. The average molecular weight is 520 g/mol. The summed E-state index contributed by atoms with van der Waals surface area (Å²) in [4.78, 5) is 24.1. The number of fused-ring (bicyclic) bond motifs is 1. The molecular weight excluding hydrogens is 491 g/mol. The number of anilines is 1. The van der Waals surface area contributed by atoms with Crippen LogP contribution in [0.5, 0.6) is 5.75 Å². The Bertz CT molecular complexity index is 1200. The van der Waals surface area contributed by atoms with Gasteiger partial charge in [-0.15, -0.1) is 0 Å². The maximum Gasteiger partial charge on any atom is 0.490 e. The first-order valence-corrected chi connectivity index (χ1v) is 11.4. The number of H-pyrrole nitrogens is 1. The van der Waals surface area contributed by atoms with Crippen LogP contribution in [0, 0.1) is 0 Å². The molecule has 12 heteroatoms. The number of halogens is 3. The molecule has 1 unspecified atom stereocenters. The zero-order valence-corrected chi connectivity index (χ0v) is 20.3. The van der Waals surface area contributed by atoms with Gasteiger partial charge < -0.3 is 25.4 Å². The molecule has 1 aliphatic heterocycles. The van der Waals surface area contributed by atoms with Crippen LogP contribution >= 0.6 is 0 Å². The number of hydrogen-bond acceptors (Lipinski definition) is 6. The number of carboxylic acids is 1. The molecule has 2 aromatic carbocycles. The summed E-state index contributed by atoms with van der Waals surface area (Å²) >= 11 is 0. The third kappa shape index (κ3) is 7.79. The smallest absolute Gasteiger partial charge is 0.490 e. The topological polar surface area (TPSA) is 120 Å². The van der Waals surface area contributed by atoms with E-state index in [1.54, 1.807) is 6.20 Å². The third-order valence-corrected chi connectivity index (χ3v) is 5.48. The molecule has 9 nitrogen and oxygen atoms in total. The van der Waals surface area contributed by atoms with Gasteiger partial charge in [-0.25, -0.2) is 4.79 Å². The lowest BCUT2D eigenvalue weighted by Gasteiger charge is -2.26. The van der Waals surface area contributed by atoms with Gasteiger partial charge in [0.1, 0.15) is 18.4 Å². The first-order valence-electron chi connectivity index (χ1n) is 11.4. The number of carbonyl (C=O) groups excluding carboxylic acids is 1. The second-order valence-electron chi connectivity index (χ2n) is 8.48. The van der Waals surface area contributed by atoms with E-state index in [1.165, 1.54) is 5.56 Å². The Morgan fingerprint density at radius 3 is 2.57 bits per heavy atom. The maximum atomic E-state index is 13.1. The van der Waals surface area contributed by atoms with Gasteiger partial charge in [0.25, 0.3) is 0 Å². The number of nitrogens with one attached hydrogen (secondary N) is 3. The predicted molar refractivity (Wildman–Crippen MR) is 131 cm³/mol. The quantitative estimate of drug-likeness (QED) is 0.377. The molecule has 1 aromatic heterocycles. The highest BCUT2D eigenvalue weighted by Crippen LogP contribution is 2.32. The molecule has 3 aromatic rings. The Morgan fingerprint density at radius 2 is 1.92 bits per heavy atom. The van der Waals surface area contributed by atoms with Crippen molar-refractivity contribution in [3.05, 3.63) is 66.0 Å². The van der Waals surface area contributed by atoms with Crippen LogP contribution in [0.4, 0.5) is 18.9 Å². The summed E-state index contributed by atoms with van der Waals surface area (Å²) in [6, 6.07) is 13.5. The van der Waals surface area contributed by atoms with Gasteiger partial charge in [-0.05, 0) is 49.3 Å². The second kappa shape index (κ2) is 12.4. The number of nitrogens with zero attached hydrogens (tertiary/aromatic N) is 2. The number of hydrogen-bond donors (Lipinski definition) is 4. The van der Waals surface area contributed by atoms with Crippen LogP contribution in [0.1, 0.15) is 17.2 Å².